The van der Waals surface area contributed by atoms with E-state index in [0.717, 1.165) is 12.5 Å². The highest BCUT2D eigenvalue weighted by Gasteiger charge is 2.42. The molecule has 0 amide bonds. The molecule has 1 rings (SSSR count). The van der Waals surface area contributed by atoms with Crippen molar-refractivity contribution in [1.82, 2.24) is 0 Å². The smallest absolute Gasteiger partial charge is 0.249 e. The lowest BCUT2D eigenvalue weighted by Crippen LogP contribution is -2.29. The largest absolute Gasteiger partial charge is 0.473 e. The van der Waals surface area contributed by atoms with E-state index in [1.807, 2.05) is 0 Å². The Hall–Kier alpha value is -0.930. The van der Waals surface area contributed by atoms with Crippen molar-refractivity contribution in [3.63, 3.8) is 0 Å². The van der Waals surface area contributed by atoms with Gasteiger partial charge in [0.15, 0.2) is 16.2 Å². The number of benzene rings is 1. The topological polar surface area (TPSA) is 60.4 Å². The maximum Gasteiger partial charge on any atom is 0.473 e. The molecule has 0 saturated heterocycles. The van der Waals surface area contributed by atoms with E-state index in [1.54, 1.807) is 6.92 Å². The first-order chi connectivity index (χ1) is 8.54. The van der Waals surface area contributed by atoms with Crippen LogP contribution in [0.25, 0.3) is 0 Å². The van der Waals surface area contributed by atoms with E-state index >= 15 is 0 Å². The first-order valence-electron chi connectivity index (χ1n) is 5.01. The number of alkyl halides is 3. The van der Waals surface area contributed by atoms with E-state index < -0.39 is 31.9 Å². The normalized spacial score (nSPS) is 16.1. The molecule has 2 atom stereocenters. The van der Waals surface area contributed by atoms with E-state index in [-0.39, 0.29) is 4.90 Å². The molecule has 2 unspecified atom stereocenters. The third-order valence-electron chi connectivity index (χ3n) is 2.10. The summed E-state index contributed by atoms with van der Waals surface area (Å²) >= 11 is 0. The van der Waals surface area contributed by atoms with Gasteiger partial charge >= 0.3 is 5.51 Å². The highest BCUT2D eigenvalue weighted by atomic mass is 32.2. The third kappa shape index (κ3) is 4.29. The average Bonchev–Trinajstić information content (AvgIpc) is 2.26. The van der Waals surface area contributed by atoms with Crippen LogP contribution >= 0.6 is 0 Å². The Kier molecular flexibility index (Phi) is 4.75. The Labute approximate surface area is 111 Å². The van der Waals surface area contributed by atoms with Crippen LogP contribution in [0, 0.1) is 6.92 Å². The zero-order valence-electron chi connectivity index (χ0n) is 9.97. The molecule has 0 radical (unpaired) electrons. The van der Waals surface area contributed by atoms with Crippen LogP contribution in [0.15, 0.2) is 29.2 Å². The van der Waals surface area contributed by atoms with Gasteiger partial charge in [0, 0.05) is 0 Å². The molecule has 1 aromatic rings. The van der Waals surface area contributed by atoms with Crippen LogP contribution in [0.1, 0.15) is 12.5 Å². The van der Waals surface area contributed by atoms with Crippen molar-refractivity contribution < 1.29 is 30.0 Å². The van der Waals surface area contributed by atoms with E-state index in [4.69, 9.17) is 0 Å². The monoisotopic (exact) mass is 316 g/mol. The maximum atomic E-state index is 12.2. The second-order valence-electron chi connectivity index (χ2n) is 3.67. The lowest BCUT2D eigenvalue weighted by molar-refractivity contribution is -0.0408. The number of hydrogen-bond donors (Lipinski definition) is 0. The van der Waals surface area contributed by atoms with Crippen LogP contribution in [0.4, 0.5) is 13.2 Å². The predicted octanol–water partition coefficient (Wildman–Crippen LogP) is 2.31. The third-order valence-corrected chi connectivity index (χ3v) is 4.77. The Morgan fingerprint density at radius 2 is 1.68 bits per heavy atom. The number of halogens is 3. The standard InChI is InChI=1S/C10H11F3O4S2/c1-7-3-5-9(6-4-7)19(15,16)17-8(2)18(14)10(11,12)13/h3-6,8H,1-2H3. The maximum absolute atomic E-state index is 12.2. The molecule has 0 fully saturated rings. The first-order valence-corrected chi connectivity index (χ1v) is 7.63. The summed E-state index contributed by atoms with van der Waals surface area (Å²) in [5.41, 5.74) is -6.25. The lowest BCUT2D eigenvalue weighted by Gasteiger charge is -2.14. The SMILES string of the molecule is Cc1ccc(S(=O)(=O)OC(C)S(=O)C(F)(F)F)cc1. The molecule has 4 nitrogen and oxygen atoms in total. The minimum absolute atomic E-state index is 0.288. The Balaban J connectivity index is 2.92. The van der Waals surface area contributed by atoms with Gasteiger partial charge in [0.05, 0.1) is 4.90 Å². The van der Waals surface area contributed by atoms with Crippen LogP contribution in [0.5, 0.6) is 0 Å². The summed E-state index contributed by atoms with van der Waals surface area (Å²) in [6.45, 7) is 2.51. The summed E-state index contributed by atoms with van der Waals surface area (Å²) in [6, 6.07) is 5.35. The van der Waals surface area contributed by atoms with Gasteiger partial charge in [-0.3, -0.25) is 0 Å². The van der Waals surface area contributed by atoms with Crippen LogP contribution < -0.4 is 0 Å². The van der Waals surface area contributed by atoms with Crippen LogP contribution in [-0.4, -0.2) is 23.6 Å². The number of hydrogen-bond acceptors (Lipinski definition) is 4. The second kappa shape index (κ2) is 5.59. The van der Waals surface area contributed by atoms with Crippen LogP contribution in [0.3, 0.4) is 0 Å². The molecule has 0 aromatic heterocycles. The Morgan fingerprint density at radius 1 is 1.21 bits per heavy atom. The van der Waals surface area contributed by atoms with Crippen molar-refractivity contribution in [3.05, 3.63) is 29.8 Å². The molecule has 108 valence electrons. The fourth-order valence-electron chi connectivity index (χ4n) is 1.16. The van der Waals surface area contributed by atoms with Gasteiger partial charge in [-0.15, -0.1) is 0 Å². The second-order valence-corrected chi connectivity index (χ2v) is 6.97. The summed E-state index contributed by atoms with van der Waals surface area (Å²) in [6.07, 6.45) is 0. The van der Waals surface area contributed by atoms with Gasteiger partial charge in [-0.1, -0.05) is 17.7 Å². The summed E-state index contributed by atoms with van der Waals surface area (Å²) < 4.78 is 75.0. The van der Waals surface area contributed by atoms with Crippen molar-refractivity contribution in [1.29, 1.82) is 0 Å². The molecular weight excluding hydrogens is 305 g/mol. The molecule has 0 aliphatic heterocycles. The quantitative estimate of drug-likeness (QED) is 0.800. The first kappa shape index (κ1) is 16.1. The van der Waals surface area contributed by atoms with Gasteiger partial charge in [-0.25, -0.2) is 8.39 Å². The molecule has 0 bridgehead atoms. The fourth-order valence-corrected chi connectivity index (χ4v) is 3.07. The zero-order chi connectivity index (χ0) is 14.8. The fraction of sp³-hybridized carbons (Fsp3) is 0.400. The predicted molar refractivity (Wildman–Crippen MR) is 63.1 cm³/mol. The summed E-state index contributed by atoms with van der Waals surface area (Å²) in [5, 5.41) is 0. The van der Waals surface area contributed by atoms with Gasteiger partial charge in [0.25, 0.3) is 10.1 Å². The summed E-state index contributed by atoms with van der Waals surface area (Å²) in [5.74, 6) is 0. The van der Waals surface area contributed by atoms with E-state index in [1.165, 1.54) is 24.3 Å². The highest BCUT2D eigenvalue weighted by molar-refractivity contribution is 7.89. The lowest BCUT2D eigenvalue weighted by atomic mass is 10.2. The molecule has 0 saturated carbocycles. The van der Waals surface area contributed by atoms with Gasteiger partial charge in [0.1, 0.15) is 0 Å². The van der Waals surface area contributed by atoms with Gasteiger partial charge in [0.2, 0.25) is 0 Å². The van der Waals surface area contributed by atoms with Gasteiger partial charge < -0.3 is 0 Å². The summed E-state index contributed by atoms with van der Waals surface area (Å²) in [4.78, 5) is -0.288. The summed E-state index contributed by atoms with van der Waals surface area (Å²) in [7, 11) is -7.78. The molecule has 0 heterocycles. The molecule has 19 heavy (non-hydrogen) atoms. The molecule has 1 aromatic carbocycles. The zero-order valence-corrected chi connectivity index (χ0v) is 11.6. The van der Waals surface area contributed by atoms with Crippen molar-refractivity contribution in [2.45, 2.75) is 29.7 Å². The van der Waals surface area contributed by atoms with E-state index in [9.17, 15) is 25.8 Å². The molecule has 0 aliphatic rings. The minimum Gasteiger partial charge on any atom is -0.249 e. The van der Waals surface area contributed by atoms with Crippen molar-refractivity contribution in [2.75, 3.05) is 0 Å². The van der Waals surface area contributed by atoms with Crippen LogP contribution in [0.2, 0.25) is 0 Å². The number of rotatable bonds is 4. The van der Waals surface area contributed by atoms with E-state index in [2.05, 4.69) is 4.18 Å². The van der Waals surface area contributed by atoms with Crippen molar-refractivity contribution in [3.8, 4) is 0 Å². The highest BCUT2D eigenvalue weighted by Crippen LogP contribution is 2.26. The molecule has 0 spiro atoms. The average molecular weight is 316 g/mol. The van der Waals surface area contributed by atoms with Gasteiger partial charge in [-0.2, -0.15) is 21.6 Å². The minimum atomic E-state index is -5.03. The van der Waals surface area contributed by atoms with Gasteiger partial charge in [-0.05, 0) is 26.0 Å². The molecule has 9 heteroatoms. The van der Waals surface area contributed by atoms with Crippen LogP contribution in [-0.2, 0) is 25.1 Å². The van der Waals surface area contributed by atoms with E-state index in [0.29, 0.717) is 0 Å². The molecular formula is C10H11F3O4S2. The van der Waals surface area contributed by atoms with Crippen molar-refractivity contribution >= 4 is 20.9 Å². The van der Waals surface area contributed by atoms with Crippen molar-refractivity contribution in [2.24, 2.45) is 0 Å². The Morgan fingerprint density at radius 3 is 2.11 bits per heavy atom. The number of aryl methyl sites for hydroxylation is 1. The molecule has 0 N–H and O–H groups in total. The molecule has 0 aliphatic carbocycles. The Bertz CT molecular complexity index is 563.